The largest absolute Gasteiger partial charge is 0.349 e. The summed E-state index contributed by atoms with van der Waals surface area (Å²) in [6.45, 7) is 13.0. The first-order valence-corrected chi connectivity index (χ1v) is 7.56. The minimum absolute atomic E-state index is 0.259. The molecule has 1 atom stereocenters. The van der Waals surface area contributed by atoms with Gasteiger partial charge in [0.1, 0.15) is 0 Å². The van der Waals surface area contributed by atoms with E-state index in [0.29, 0.717) is 12.6 Å². The monoisotopic (exact) mass is 277 g/mol. The van der Waals surface area contributed by atoms with Gasteiger partial charge < -0.3 is 9.47 Å². The molecule has 0 amide bonds. The van der Waals surface area contributed by atoms with E-state index in [0.717, 1.165) is 37.4 Å². The minimum Gasteiger partial charge on any atom is -0.349 e. The van der Waals surface area contributed by atoms with Gasteiger partial charge >= 0.3 is 0 Å². The normalized spacial score (nSPS) is 21.4. The van der Waals surface area contributed by atoms with Gasteiger partial charge in [0, 0.05) is 49.2 Å². The number of carbonyl (C=O) groups is 1. The van der Waals surface area contributed by atoms with Crippen LogP contribution in [0.15, 0.2) is 6.07 Å². The molecule has 4 heteroatoms. The molecule has 1 saturated heterocycles. The Morgan fingerprint density at radius 1 is 1.35 bits per heavy atom. The van der Waals surface area contributed by atoms with Crippen LogP contribution in [0.3, 0.4) is 0 Å². The average molecular weight is 277 g/mol. The summed E-state index contributed by atoms with van der Waals surface area (Å²) in [4.78, 5) is 17.2. The molecule has 0 N–H and O–H groups in total. The lowest BCUT2D eigenvalue weighted by atomic mass is 10.1. The molecule has 112 valence electrons. The summed E-state index contributed by atoms with van der Waals surface area (Å²) >= 11 is 0. The van der Waals surface area contributed by atoms with Crippen LogP contribution >= 0.6 is 0 Å². The first-order valence-electron chi connectivity index (χ1n) is 7.56. The summed E-state index contributed by atoms with van der Waals surface area (Å²) in [5.74, 6) is 0.259. The minimum atomic E-state index is 0.259. The smallest absolute Gasteiger partial charge is 0.178 e. The molecule has 0 radical (unpaired) electrons. The predicted molar refractivity (Wildman–Crippen MR) is 82.4 cm³/mol. The van der Waals surface area contributed by atoms with Gasteiger partial charge in [0.25, 0.3) is 0 Å². The van der Waals surface area contributed by atoms with E-state index >= 15 is 0 Å². The van der Waals surface area contributed by atoms with Crippen molar-refractivity contribution in [2.24, 2.45) is 0 Å². The molecular weight excluding hydrogens is 250 g/mol. The number of hydrogen-bond acceptors (Lipinski definition) is 3. The van der Waals surface area contributed by atoms with Gasteiger partial charge in [-0.05, 0) is 40.8 Å². The molecule has 1 fully saturated rings. The molecule has 2 heterocycles. The Labute approximate surface area is 122 Å². The molecule has 0 aliphatic carbocycles. The van der Waals surface area contributed by atoms with E-state index in [1.54, 1.807) is 0 Å². The average Bonchev–Trinajstić information content (AvgIpc) is 2.69. The Kier molecular flexibility index (Phi) is 4.66. The van der Waals surface area contributed by atoms with Crippen molar-refractivity contribution in [1.82, 2.24) is 14.4 Å². The lowest BCUT2D eigenvalue weighted by Gasteiger charge is -2.37. The second-order valence-electron chi connectivity index (χ2n) is 6.02. The molecule has 2 rings (SSSR count). The van der Waals surface area contributed by atoms with Crippen molar-refractivity contribution in [3.05, 3.63) is 23.0 Å². The van der Waals surface area contributed by atoms with Crippen LogP contribution in [0, 0.1) is 13.8 Å². The second-order valence-corrected chi connectivity index (χ2v) is 6.02. The molecule has 1 aromatic heterocycles. The number of rotatable bonds is 4. The fraction of sp³-hybridized carbons (Fsp3) is 0.688. The molecular formula is C16H27N3O. The third-order valence-corrected chi connectivity index (χ3v) is 4.60. The third kappa shape index (κ3) is 2.96. The van der Waals surface area contributed by atoms with Crippen LogP contribution < -0.4 is 0 Å². The van der Waals surface area contributed by atoms with Crippen LogP contribution in [-0.2, 0) is 6.54 Å². The Bertz CT molecular complexity index is 492. The predicted octanol–water partition coefficient (Wildman–Crippen LogP) is 1.94. The SMILES string of the molecule is CCn1c(C)cc(C(=O)CN2CCN(C)C(C)C2)c1C. The summed E-state index contributed by atoms with van der Waals surface area (Å²) < 4.78 is 2.21. The van der Waals surface area contributed by atoms with Crippen LogP contribution in [0.4, 0.5) is 0 Å². The quantitative estimate of drug-likeness (QED) is 0.788. The summed E-state index contributed by atoms with van der Waals surface area (Å²) in [7, 11) is 2.15. The highest BCUT2D eigenvalue weighted by molar-refractivity contribution is 5.99. The third-order valence-electron chi connectivity index (χ3n) is 4.60. The number of piperazine rings is 1. The molecule has 1 unspecified atom stereocenters. The zero-order valence-electron chi connectivity index (χ0n) is 13.4. The maximum atomic E-state index is 12.5. The van der Waals surface area contributed by atoms with Gasteiger partial charge in [0.2, 0.25) is 0 Å². The first-order chi connectivity index (χ1) is 9.43. The molecule has 1 aliphatic heterocycles. The van der Waals surface area contributed by atoms with Gasteiger partial charge in [-0.15, -0.1) is 0 Å². The zero-order valence-corrected chi connectivity index (χ0v) is 13.4. The Balaban J connectivity index is 2.05. The van der Waals surface area contributed by atoms with Gasteiger partial charge in [-0.25, -0.2) is 0 Å². The maximum absolute atomic E-state index is 12.5. The number of carbonyl (C=O) groups excluding carboxylic acids is 1. The molecule has 1 aromatic rings. The molecule has 0 bridgehead atoms. The number of aromatic nitrogens is 1. The second kappa shape index (κ2) is 6.10. The zero-order chi connectivity index (χ0) is 14.9. The van der Waals surface area contributed by atoms with Gasteiger partial charge in [-0.3, -0.25) is 9.69 Å². The summed E-state index contributed by atoms with van der Waals surface area (Å²) in [5, 5.41) is 0. The van der Waals surface area contributed by atoms with E-state index in [4.69, 9.17) is 0 Å². The molecule has 0 spiro atoms. The van der Waals surface area contributed by atoms with Gasteiger partial charge in [0.05, 0.1) is 6.54 Å². The molecule has 20 heavy (non-hydrogen) atoms. The first kappa shape index (κ1) is 15.3. The summed E-state index contributed by atoms with van der Waals surface area (Å²) in [6.07, 6.45) is 0. The van der Waals surface area contributed by atoms with E-state index in [1.165, 1.54) is 5.69 Å². The highest BCUT2D eigenvalue weighted by Crippen LogP contribution is 2.17. The lowest BCUT2D eigenvalue weighted by Crippen LogP contribution is -2.51. The van der Waals surface area contributed by atoms with Crippen molar-refractivity contribution in [3.63, 3.8) is 0 Å². The van der Waals surface area contributed by atoms with Crippen LogP contribution in [0.5, 0.6) is 0 Å². The highest BCUT2D eigenvalue weighted by atomic mass is 16.1. The fourth-order valence-corrected chi connectivity index (χ4v) is 3.13. The van der Waals surface area contributed by atoms with E-state index in [-0.39, 0.29) is 5.78 Å². The molecule has 0 aromatic carbocycles. The standard InChI is InChI=1S/C16H27N3O/c1-6-19-12(2)9-15(14(19)4)16(20)11-18-8-7-17(5)13(3)10-18/h9,13H,6-8,10-11H2,1-5H3. The van der Waals surface area contributed by atoms with Crippen molar-refractivity contribution in [2.45, 2.75) is 40.3 Å². The lowest BCUT2D eigenvalue weighted by molar-refractivity contribution is 0.0785. The van der Waals surface area contributed by atoms with Crippen molar-refractivity contribution < 1.29 is 4.79 Å². The molecule has 1 aliphatic rings. The van der Waals surface area contributed by atoms with Crippen LogP contribution in [0.2, 0.25) is 0 Å². The Morgan fingerprint density at radius 3 is 2.60 bits per heavy atom. The Hall–Kier alpha value is -1.13. The van der Waals surface area contributed by atoms with E-state index < -0.39 is 0 Å². The van der Waals surface area contributed by atoms with Gasteiger partial charge in [0.15, 0.2) is 5.78 Å². The van der Waals surface area contributed by atoms with Crippen molar-refractivity contribution in [1.29, 1.82) is 0 Å². The number of Topliss-reactive ketones (excluding diaryl/α,β-unsaturated/α-hetero) is 1. The van der Waals surface area contributed by atoms with Crippen LogP contribution in [-0.4, -0.2) is 59.4 Å². The van der Waals surface area contributed by atoms with E-state index in [9.17, 15) is 4.79 Å². The Morgan fingerprint density at radius 2 is 2.05 bits per heavy atom. The van der Waals surface area contributed by atoms with Crippen molar-refractivity contribution >= 4 is 5.78 Å². The summed E-state index contributed by atoms with van der Waals surface area (Å²) in [6, 6.07) is 2.57. The van der Waals surface area contributed by atoms with Crippen molar-refractivity contribution in [3.8, 4) is 0 Å². The number of aryl methyl sites for hydroxylation is 1. The fourth-order valence-electron chi connectivity index (χ4n) is 3.13. The highest BCUT2D eigenvalue weighted by Gasteiger charge is 2.24. The van der Waals surface area contributed by atoms with Crippen LogP contribution in [0.25, 0.3) is 0 Å². The maximum Gasteiger partial charge on any atom is 0.178 e. The van der Waals surface area contributed by atoms with Gasteiger partial charge in [-0.2, -0.15) is 0 Å². The molecule has 4 nitrogen and oxygen atoms in total. The summed E-state index contributed by atoms with van der Waals surface area (Å²) in [5.41, 5.74) is 3.19. The van der Waals surface area contributed by atoms with E-state index in [1.807, 2.05) is 6.07 Å². The number of nitrogens with zero attached hydrogens (tertiary/aromatic N) is 3. The van der Waals surface area contributed by atoms with Gasteiger partial charge in [-0.1, -0.05) is 0 Å². The number of likely N-dealkylation sites (N-methyl/N-ethyl adjacent to an activating group) is 1. The van der Waals surface area contributed by atoms with Crippen LogP contribution in [0.1, 0.15) is 35.6 Å². The van der Waals surface area contributed by atoms with E-state index in [2.05, 4.69) is 49.1 Å². The van der Waals surface area contributed by atoms with Crippen molar-refractivity contribution in [2.75, 3.05) is 33.2 Å². The number of hydrogen-bond donors (Lipinski definition) is 0. The topological polar surface area (TPSA) is 28.5 Å². The number of ketones is 1. The molecule has 0 saturated carbocycles.